The highest BCUT2D eigenvalue weighted by molar-refractivity contribution is 5.81. The molecule has 1 aromatic rings. The van der Waals surface area contributed by atoms with Crippen LogP contribution in [0.5, 0.6) is 5.75 Å². The molecule has 1 aromatic carbocycles. The van der Waals surface area contributed by atoms with E-state index in [1.807, 2.05) is 12.1 Å². The summed E-state index contributed by atoms with van der Waals surface area (Å²) in [7, 11) is 0. The van der Waals surface area contributed by atoms with Gasteiger partial charge < -0.3 is 14.2 Å². The molecule has 0 aromatic heterocycles. The maximum Gasteiger partial charge on any atom is 0.330 e. The standard InChI is InChI=1S/C17H24O4/c1-5-13(3)15-7-9-16(10-8-15)21-14(4)19-11-12-20-17(18)6-2/h6-10,13-14H,2,5,11-12H2,1,3-4H3. The van der Waals surface area contributed by atoms with Crippen molar-refractivity contribution in [2.75, 3.05) is 13.2 Å². The van der Waals surface area contributed by atoms with Gasteiger partial charge in [-0.05, 0) is 37.0 Å². The molecule has 0 heterocycles. The first-order valence-corrected chi connectivity index (χ1v) is 7.24. The lowest BCUT2D eigenvalue weighted by molar-refractivity contribution is -0.142. The molecule has 0 fully saturated rings. The Morgan fingerprint density at radius 3 is 2.48 bits per heavy atom. The van der Waals surface area contributed by atoms with E-state index in [4.69, 9.17) is 14.2 Å². The second kappa shape index (κ2) is 9.19. The van der Waals surface area contributed by atoms with Crippen LogP contribution in [0.3, 0.4) is 0 Å². The SMILES string of the molecule is C=CC(=O)OCCOC(C)Oc1ccc(C(C)CC)cc1. The highest BCUT2D eigenvalue weighted by atomic mass is 16.7. The van der Waals surface area contributed by atoms with Crippen molar-refractivity contribution >= 4 is 5.97 Å². The van der Waals surface area contributed by atoms with E-state index in [0.29, 0.717) is 5.92 Å². The fourth-order valence-corrected chi connectivity index (χ4v) is 1.75. The zero-order chi connectivity index (χ0) is 15.7. The van der Waals surface area contributed by atoms with Crippen molar-refractivity contribution in [1.29, 1.82) is 0 Å². The third kappa shape index (κ3) is 6.45. The number of hydrogen-bond acceptors (Lipinski definition) is 4. The lowest BCUT2D eigenvalue weighted by Crippen LogP contribution is -2.19. The number of esters is 1. The largest absolute Gasteiger partial charge is 0.465 e. The molecule has 2 unspecified atom stereocenters. The van der Waals surface area contributed by atoms with E-state index >= 15 is 0 Å². The molecule has 0 spiro atoms. The number of ether oxygens (including phenoxy) is 3. The summed E-state index contributed by atoms with van der Waals surface area (Å²) in [6.07, 6.45) is 1.84. The minimum Gasteiger partial charge on any atom is -0.465 e. The van der Waals surface area contributed by atoms with E-state index < -0.39 is 12.3 Å². The molecule has 0 saturated heterocycles. The van der Waals surface area contributed by atoms with E-state index in [-0.39, 0.29) is 13.2 Å². The summed E-state index contributed by atoms with van der Waals surface area (Å²) < 4.78 is 15.8. The van der Waals surface area contributed by atoms with Crippen molar-refractivity contribution in [3.8, 4) is 5.75 Å². The molecule has 0 N–H and O–H groups in total. The molecular weight excluding hydrogens is 268 g/mol. The van der Waals surface area contributed by atoms with E-state index in [2.05, 4.69) is 32.6 Å². The van der Waals surface area contributed by atoms with Gasteiger partial charge in [-0.2, -0.15) is 0 Å². The first-order valence-electron chi connectivity index (χ1n) is 7.24. The van der Waals surface area contributed by atoms with Gasteiger partial charge in [-0.15, -0.1) is 0 Å². The van der Waals surface area contributed by atoms with Crippen LogP contribution < -0.4 is 4.74 Å². The number of benzene rings is 1. The third-order valence-corrected chi connectivity index (χ3v) is 3.21. The second-order valence-electron chi connectivity index (χ2n) is 4.81. The van der Waals surface area contributed by atoms with Crippen molar-refractivity contribution in [2.45, 2.75) is 39.4 Å². The van der Waals surface area contributed by atoms with Crippen molar-refractivity contribution in [3.63, 3.8) is 0 Å². The summed E-state index contributed by atoms with van der Waals surface area (Å²) in [5, 5.41) is 0. The molecule has 0 aliphatic rings. The maximum absolute atomic E-state index is 10.8. The molecule has 0 amide bonds. The molecule has 116 valence electrons. The summed E-state index contributed by atoms with van der Waals surface area (Å²) in [5.41, 5.74) is 1.30. The number of carbonyl (C=O) groups excluding carboxylic acids is 1. The minimum absolute atomic E-state index is 0.186. The maximum atomic E-state index is 10.8. The molecule has 0 aliphatic carbocycles. The van der Waals surface area contributed by atoms with Crippen LogP contribution in [0.4, 0.5) is 0 Å². The van der Waals surface area contributed by atoms with Gasteiger partial charge in [0.25, 0.3) is 0 Å². The molecule has 0 saturated carbocycles. The first kappa shape index (κ1) is 17.2. The van der Waals surface area contributed by atoms with Crippen LogP contribution >= 0.6 is 0 Å². The Bertz CT molecular complexity index is 439. The Hall–Kier alpha value is -1.81. The Balaban J connectivity index is 2.32. The summed E-state index contributed by atoms with van der Waals surface area (Å²) in [6, 6.07) is 8.03. The van der Waals surface area contributed by atoms with Crippen LogP contribution in [0.2, 0.25) is 0 Å². The fraction of sp³-hybridized carbons (Fsp3) is 0.471. The van der Waals surface area contributed by atoms with Gasteiger partial charge in [-0.25, -0.2) is 4.79 Å². The topological polar surface area (TPSA) is 44.8 Å². The van der Waals surface area contributed by atoms with Gasteiger partial charge in [0.2, 0.25) is 0 Å². The Morgan fingerprint density at radius 2 is 1.90 bits per heavy atom. The quantitative estimate of drug-likeness (QED) is 0.301. The van der Waals surface area contributed by atoms with E-state index in [9.17, 15) is 4.79 Å². The Kier molecular flexibility index (Phi) is 7.54. The normalized spacial score (nSPS) is 13.3. The van der Waals surface area contributed by atoms with Crippen LogP contribution in [0.1, 0.15) is 38.7 Å². The third-order valence-electron chi connectivity index (χ3n) is 3.21. The van der Waals surface area contributed by atoms with Gasteiger partial charge in [0, 0.05) is 6.08 Å². The molecule has 4 heteroatoms. The van der Waals surface area contributed by atoms with E-state index in [1.165, 1.54) is 5.56 Å². The summed E-state index contributed by atoms with van der Waals surface area (Å²) in [4.78, 5) is 10.8. The molecular formula is C17H24O4. The molecule has 0 bridgehead atoms. The Labute approximate surface area is 126 Å². The first-order chi connectivity index (χ1) is 10.1. The average Bonchev–Trinajstić information content (AvgIpc) is 2.51. The van der Waals surface area contributed by atoms with Gasteiger partial charge in [-0.3, -0.25) is 0 Å². The van der Waals surface area contributed by atoms with Crippen LogP contribution in [0.15, 0.2) is 36.9 Å². The lowest BCUT2D eigenvalue weighted by Gasteiger charge is -2.16. The van der Waals surface area contributed by atoms with Crippen LogP contribution in [-0.4, -0.2) is 25.5 Å². The van der Waals surface area contributed by atoms with Crippen LogP contribution in [-0.2, 0) is 14.3 Å². The van der Waals surface area contributed by atoms with Gasteiger partial charge in [0.1, 0.15) is 12.4 Å². The lowest BCUT2D eigenvalue weighted by atomic mass is 9.99. The van der Waals surface area contributed by atoms with Crippen molar-refractivity contribution in [2.24, 2.45) is 0 Å². The number of carbonyl (C=O) groups is 1. The van der Waals surface area contributed by atoms with Gasteiger partial charge >= 0.3 is 5.97 Å². The molecule has 0 aliphatic heterocycles. The second-order valence-corrected chi connectivity index (χ2v) is 4.81. The monoisotopic (exact) mass is 292 g/mol. The molecule has 1 rings (SSSR count). The summed E-state index contributed by atoms with van der Waals surface area (Å²) in [5.74, 6) is 0.859. The highest BCUT2D eigenvalue weighted by Gasteiger charge is 2.06. The Morgan fingerprint density at radius 1 is 1.24 bits per heavy atom. The smallest absolute Gasteiger partial charge is 0.330 e. The van der Waals surface area contributed by atoms with E-state index in [0.717, 1.165) is 18.2 Å². The summed E-state index contributed by atoms with van der Waals surface area (Å²) in [6.45, 7) is 9.96. The highest BCUT2D eigenvalue weighted by Crippen LogP contribution is 2.22. The number of hydrogen-bond donors (Lipinski definition) is 0. The van der Waals surface area contributed by atoms with Crippen molar-refractivity contribution in [1.82, 2.24) is 0 Å². The number of rotatable bonds is 9. The fourth-order valence-electron chi connectivity index (χ4n) is 1.75. The zero-order valence-electron chi connectivity index (χ0n) is 13.0. The van der Waals surface area contributed by atoms with Crippen molar-refractivity contribution < 1.29 is 19.0 Å². The predicted octanol–water partition coefficient (Wildman–Crippen LogP) is 3.67. The zero-order valence-corrected chi connectivity index (χ0v) is 13.0. The van der Waals surface area contributed by atoms with Gasteiger partial charge in [-0.1, -0.05) is 32.6 Å². The van der Waals surface area contributed by atoms with Crippen LogP contribution in [0.25, 0.3) is 0 Å². The minimum atomic E-state index is -0.451. The van der Waals surface area contributed by atoms with Gasteiger partial charge in [0.05, 0.1) is 6.61 Å². The van der Waals surface area contributed by atoms with Crippen molar-refractivity contribution in [3.05, 3.63) is 42.5 Å². The molecule has 21 heavy (non-hydrogen) atoms. The average molecular weight is 292 g/mol. The van der Waals surface area contributed by atoms with E-state index in [1.54, 1.807) is 6.92 Å². The predicted molar refractivity (Wildman–Crippen MR) is 82.3 cm³/mol. The molecule has 4 nitrogen and oxygen atoms in total. The molecule has 0 radical (unpaired) electrons. The van der Waals surface area contributed by atoms with Crippen LogP contribution in [0, 0.1) is 0 Å². The van der Waals surface area contributed by atoms with Gasteiger partial charge in [0.15, 0.2) is 6.29 Å². The molecule has 2 atom stereocenters. The summed E-state index contributed by atoms with van der Waals surface area (Å²) >= 11 is 0.